The second-order valence-electron chi connectivity index (χ2n) is 11.0. The standard InChI is InChI=1S/C32H33FN4O4/c33-24-8-6-21(7-9-24)17-34-27-14-15-36(18-22-4-2-1-3-5-22)20-29(27)41-25-10-11-26-23(16-25)19-37(32(26)40)28-12-13-30(38)35-31(28)39/h1-11,16,27-29,34H,12-15,17-20H2,(H,35,38,39)/t27-,28?,29-/m1/s1. The number of rotatable bonds is 8. The van der Waals surface area contributed by atoms with Gasteiger partial charge in [0.1, 0.15) is 23.7 Å². The van der Waals surface area contributed by atoms with Crippen molar-refractivity contribution in [2.45, 2.75) is 57.1 Å². The molecule has 2 N–H and O–H groups in total. The summed E-state index contributed by atoms with van der Waals surface area (Å²) in [6.45, 7) is 3.35. The van der Waals surface area contributed by atoms with E-state index in [0.717, 1.165) is 30.6 Å². The van der Waals surface area contributed by atoms with Gasteiger partial charge in [-0.3, -0.25) is 24.6 Å². The first-order chi connectivity index (χ1) is 19.9. The van der Waals surface area contributed by atoms with E-state index in [1.807, 2.05) is 30.3 Å². The molecule has 212 valence electrons. The molecule has 9 heteroatoms. The molecule has 0 spiro atoms. The molecule has 2 fully saturated rings. The van der Waals surface area contributed by atoms with E-state index in [1.54, 1.807) is 23.1 Å². The van der Waals surface area contributed by atoms with Gasteiger partial charge in [-0.05, 0) is 59.9 Å². The van der Waals surface area contributed by atoms with Crippen molar-refractivity contribution in [2.24, 2.45) is 0 Å². The van der Waals surface area contributed by atoms with E-state index in [9.17, 15) is 18.8 Å². The molecular weight excluding hydrogens is 523 g/mol. The number of carbonyl (C=O) groups is 3. The SMILES string of the molecule is O=C1CCC(N2Cc3cc(O[C@@H]4CN(Cc5ccccc5)CC[C@H]4NCc4ccc(F)cc4)ccc3C2=O)C(=O)N1. The van der Waals surface area contributed by atoms with Crippen LogP contribution in [0.4, 0.5) is 4.39 Å². The predicted octanol–water partition coefficient (Wildman–Crippen LogP) is 3.40. The number of nitrogens with zero attached hydrogens (tertiary/aromatic N) is 2. The fourth-order valence-electron chi connectivity index (χ4n) is 5.97. The Bertz CT molecular complexity index is 1430. The van der Waals surface area contributed by atoms with Gasteiger partial charge in [0.15, 0.2) is 0 Å². The number of hydrogen-bond acceptors (Lipinski definition) is 6. The average Bonchev–Trinajstić information content (AvgIpc) is 3.29. The number of likely N-dealkylation sites (tertiary alicyclic amines) is 1. The molecule has 0 radical (unpaired) electrons. The molecule has 0 aliphatic carbocycles. The maximum Gasteiger partial charge on any atom is 0.255 e. The number of benzene rings is 3. The molecule has 3 aromatic carbocycles. The summed E-state index contributed by atoms with van der Waals surface area (Å²) in [5.41, 5.74) is 3.61. The van der Waals surface area contributed by atoms with E-state index < -0.39 is 11.9 Å². The summed E-state index contributed by atoms with van der Waals surface area (Å²) < 4.78 is 20.0. The highest BCUT2D eigenvalue weighted by molar-refractivity contribution is 6.05. The van der Waals surface area contributed by atoms with Crippen molar-refractivity contribution in [3.05, 3.63) is 101 Å². The van der Waals surface area contributed by atoms with E-state index in [1.165, 1.54) is 17.7 Å². The van der Waals surface area contributed by atoms with E-state index >= 15 is 0 Å². The molecule has 3 aliphatic rings. The number of fused-ring (bicyclic) bond motifs is 1. The minimum Gasteiger partial charge on any atom is -0.487 e. The lowest BCUT2D eigenvalue weighted by atomic mass is 10.00. The molecule has 3 aliphatic heterocycles. The zero-order chi connectivity index (χ0) is 28.3. The van der Waals surface area contributed by atoms with Crippen molar-refractivity contribution in [3.63, 3.8) is 0 Å². The Labute approximate surface area is 238 Å². The predicted molar refractivity (Wildman–Crippen MR) is 150 cm³/mol. The summed E-state index contributed by atoms with van der Waals surface area (Å²) in [6, 6.07) is 21.8. The molecule has 1 unspecified atom stereocenters. The molecule has 3 aromatic rings. The van der Waals surface area contributed by atoms with Crippen LogP contribution >= 0.6 is 0 Å². The largest absolute Gasteiger partial charge is 0.487 e. The molecule has 6 rings (SSSR count). The minimum absolute atomic E-state index is 0.0712. The third-order valence-electron chi connectivity index (χ3n) is 8.16. The first-order valence-corrected chi connectivity index (χ1v) is 14.1. The van der Waals surface area contributed by atoms with Gasteiger partial charge < -0.3 is 15.0 Å². The first-order valence-electron chi connectivity index (χ1n) is 14.1. The van der Waals surface area contributed by atoms with Gasteiger partial charge >= 0.3 is 0 Å². The molecule has 3 heterocycles. The van der Waals surface area contributed by atoms with E-state index in [4.69, 9.17) is 4.74 Å². The van der Waals surface area contributed by atoms with Crippen LogP contribution < -0.4 is 15.4 Å². The van der Waals surface area contributed by atoms with Crippen LogP contribution in [0.15, 0.2) is 72.8 Å². The van der Waals surface area contributed by atoms with Crippen molar-refractivity contribution in [2.75, 3.05) is 13.1 Å². The van der Waals surface area contributed by atoms with Gasteiger partial charge in [0.25, 0.3) is 5.91 Å². The summed E-state index contributed by atoms with van der Waals surface area (Å²) in [5.74, 6) is -0.513. The molecule has 0 bridgehead atoms. The second kappa shape index (κ2) is 11.8. The van der Waals surface area contributed by atoms with Crippen LogP contribution in [0, 0.1) is 5.82 Å². The fraction of sp³-hybridized carbons (Fsp3) is 0.344. The Kier molecular flexibility index (Phi) is 7.80. The number of piperidine rings is 2. The number of imide groups is 1. The number of ether oxygens (including phenoxy) is 1. The van der Waals surface area contributed by atoms with E-state index in [-0.39, 0.29) is 36.2 Å². The van der Waals surface area contributed by atoms with E-state index in [2.05, 4.69) is 27.7 Å². The third-order valence-corrected chi connectivity index (χ3v) is 8.16. The van der Waals surface area contributed by atoms with Crippen molar-refractivity contribution in [1.29, 1.82) is 0 Å². The topological polar surface area (TPSA) is 91.0 Å². The third kappa shape index (κ3) is 6.16. The Hall–Kier alpha value is -4.08. The smallest absolute Gasteiger partial charge is 0.255 e. The zero-order valence-electron chi connectivity index (χ0n) is 22.7. The summed E-state index contributed by atoms with van der Waals surface area (Å²) >= 11 is 0. The van der Waals surface area contributed by atoms with Crippen LogP contribution in [0.1, 0.15) is 46.3 Å². The van der Waals surface area contributed by atoms with Gasteiger partial charge in [0, 0.05) is 50.7 Å². The van der Waals surface area contributed by atoms with Crippen LogP contribution in [0.25, 0.3) is 0 Å². The lowest BCUT2D eigenvalue weighted by molar-refractivity contribution is -0.136. The maximum atomic E-state index is 13.4. The van der Waals surface area contributed by atoms with Crippen molar-refractivity contribution >= 4 is 17.7 Å². The number of carbonyl (C=O) groups excluding carboxylic acids is 3. The Morgan fingerprint density at radius 3 is 2.54 bits per heavy atom. The molecule has 0 aromatic heterocycles. The molecule has 41 heavy (non-hydrogen) atoms. The monoisotopic (exact) mass is 556 g/mol. The Balaban J connectivity index is 1.17. The minimum atomic E-state index is -0.651. The van der Waals surface area contributed by atoms with Crippen molar-refractivity contribution in [1.82, 2.24) is 20.4 Å². The normalized spacial score (nSPS) is 22.9. The summed E-state index contributed by atoms with van der Waals surface area (Å²) in [4.78, 5) is 41.0. The summed E-state index contributed by atoms with van der Waals surface area (Å²) in [5, 5.41) is 5.97. The van der Waals surface area contributed by atoms with Crippen LogP contribution in [-0.4, -0.2) is 58.8 Å². The van der Waals surface area contributed by atoms with Crippen LogP contribution in [-0.2, 0) is 29.2 Å². The molecular formula is C32H33FN4O4. The number of halogens is 1. The van der Waals surface area contributed by atoms with E-state index in [0.29, 0.717) is 37.4 Å². The molecule has 8 nitrogen and oxygen atoms in total. The van der Waals surface area contributed by atoms with Gasteiger partial charge in [-0.1, -0.05) is 42.5 Å². The average molecular weight is 557 g/mol. The highest BCUT2D eigenvalue weighted by atomic mass is 19.1. The van der Waals surface area contributed by atoms with Crippen molar-refractivity contribution in [3.8, 4) is 5.75 Å². The zero-order valence-corrected chi connectivity index (χ0v) is 22.7. The van der Waals surface area contributed by atoms with Gasteiger partial charge in [0.2, 0.25) is 11.8 Å². The quantitative estimate of drug-likeness (QED) is 0.414. The highest BCUT2D eigenvalue weighted by Gasteiger charge is 2.39. The second-order valence-corrected chi connectivity index (χ2v) is 11.0. The van der Waals surface area contributed by atoms with Crippen molar-refractivity contribution < 1.29 is 23.5 Å². The van der Waals surface area contributed by atoms with Crippen LogP contribution in [0.5, 0.6) is 5.75 Å². The molecule has 2 saturated heterocycles. The van der Waals surface area contributed by atoms with Gasteiger partial charge in [0.05, 0.1) is 0 Å². The first kappa shape index (κ1) is 27.1. The van der Waals surface area contributed by atoms with Crippen LogP contribution in [0.3, 0.4) is 0 Å². The van der Waals surface area contributed by atoms with Gasteiger partial charge in [-0.2, -0.15) is 0 Å². The lowest BCUT2D eigenvalue weighted by Gasteiger charge is -2.39. The molecule has 0 saturated carbocycles. The summed E-state index contributed by atoms with van der Waals surface area (Å²) in [7, 11) is 0. The van der Waals surface area contributed by atoms with Gasteiger partial charge in [-0.15, -0.1) is 0 Å². The number of amides is 3. The maximum absolute atomic E-state index is 13.4. The highest BCUT2D eigenvalue weighted by Crippen LogP contribution is 2.31. The number of hydrogen-bond donors (Lipinski definition) is 2. The van der Waals surface area contributed by atoms with Crippen LogP contribution in [0.2, 0.25) is 0 Å². The van der Waals surface area contributed by atoms with Gasteiger partial charge in [-0.25, -0.2) is 4.39 Å². The lowest BCUT2D eigenvalue weighted by Crippen LogP contribution is -2.54. The fourth-order valence-corrected chi connectivity index (χ4v) is 5.97. The Morgan fingerprint density at radius 2 is 1.76 bits per heavy atom. The Morgan fingerprint density at radius 1 is 0.951 bits per heavy atom. The molecule has 3 atom stereocenters. The summed E-state index contributed by atoms with van der Waals surface area (Å²) in [6.07, 6.45) is 1.27. The molecule has 3 amide bonds. The number of nitrogens with one attached hydrogen (secondary N) is 2.